The van der Waals surface area contributed by atoms with Gasteiger partial charge in [0.2, 0.25) is 0 Å². The van der Waals surface area contributed by atoms with Gasteiger partial charge in [0, 0.05) is 0 Å². The van der Waals surface area contributed by atoms with Crippen LogP contribution in [-0.2, 0) is 0 Å². The van der Waals surface area contributed by atoms with Crippen LogP contribution in [0, 0.1) is 35.0 Å². The van der Waals surface area contributed by atoms with Crippen molar-refractivity contribution in [2.75, 3.05) is 0 Å². The smallest absolute Gasteiger partial charge is 0.137 e. The summed E-state index contributed by atoms with van der Waals surface area (Å²) in [5.41, 5.74) is 0.677. The molecule has 4 bridgehead atoms. The van der Waals surface area contributed by atoms with E-state index in [0.717, 1.165) is 29.4 Å². The van der Waals surface area contributed by atoms with Gasteiger partial charge >= 0.3 is 0 Å². The largest absolute Gasteiger partial charge is 0.488 e. The topological polar surface area (TPSA) is 33.0 Å². The molecule has 4 fully saturated rings. The van der Waals surface area contributed by atoms with E-state index in [1.54, 1.807) is 0 Å². The molecule has 0 aromatic heterocycles. The molecule has 2 nitrogen and oxygen atoms in total. The van der Waals surface area contributed by atoms with Crippen molar-refractivity contribution in [1.82, 2.24) is 0 Å². The molecule has 0 amide bonds. The molecule has 0 N–H and O–H groups in total. The van der Waals surface area contributed by atoms with E-state index in [4.69, 9.17) is 4.74 Å². The standard InChI is InChI=1S/C17H19NO/c18-10-13-3-1-2-4-16(13)19-17-14-6-11-5-12(8-14)9-15(17)7-11/h1-4,11-12,14-15,17H,5-9H2. The van der Waals surface area contributed by atoms with Crippen LogP contribution in [0.2, 0.25) is 0 Å². The molecule has 4 aliphatic carbocycles. The Morgan fingerprint density at radius 2 is 1.58 bits per heavy atom. The fourth-order valence-corrected chi connectivity index (χ4v) is 4.88. The molecule has 2 heteroatoms. The van der Waals surface area contributed by atoms with Gasteiger partial charge in [0.25, 0.3) is 0 Å². The quantitative estimate of drug-likeness (QED) is 0.804. The van der Waals surface area contributed by atoms with Gasteiger partial charge in [-0.05, 0) is 67.9 Å². The van der Waals surface area contributed by atoms with Crippen molar-refractivity contribution >= 4 is 0 Å². The van der Waals surface area contributed by atoms with E-state index in [2.05, 4.69) is 6.07 Å². The minimum Gasteiger partial charge on any atom is -0.488 e. The van der Waals surface area contributed by atoms with E-state index < -0.39 is 0 Å². The Labute approximate surface area is 114 Å². The lowest BCUT2D eigenvalue weighted by Gasteiger charge is -2.53. The van der Waals surface area contributed by atoms with Gasteiger partial charge in [-0.1, -0.05) is 12.1 Å². The van der Waals surface area contributed by atoms with Crippen LogP contribution in [0.15, 0.2) is 24.3 Å². The lowest BCUT2D eigenvalue weighted by Crippen LogP contribution is -2.50. The highest BCUT2D eigenvalue weighted by molar-refractivity contribution is 5.42. The summed E-state index contributed by atoms with van der Waals surface area (Å²) < 4.78 is 6.29. The van der Waals surface area contributed by atoms with Gasteiger partial charge in [0.15, 0.2) is 0 Å². The van der Waals surface area contributed by atoms with Crippen LogP contribution in [0.4, 0.5) is 0 Å². The molecular formula is C17H19NO. The van der Waals surface area contributed by atoms with Crippen molar-refractivity contribution < 1.29 is 4.74 Å². The van der Waals surface area contributed by atoms with Gasteiger partial charge in [-0.15, -0.1) is 0 Å². The molecule has 0 saturated heterocycles. The Morgan fingerprint density at radius 3 is 2.21 bits per heavy atom. The number of hydrogen-bond donors (Lipinski definition) is 0. The third kappa shape index (κ3) is 1.84. The normalized spacial score (nSPS) is 39.0. The van der Waals surface area contributed by atoms with Crippen molar-refractivity contribution in [3.05, 3.63) is 29.8 Å². The van der Waals surface area contributed by atoms with Crippen LogP contribution >= 0.6 is 0 Å². The molecule has 0 spiro atoms. The third-order valence-electron chi connectivity index (χ3n) is 5.41. The number of ether oxygens (including phenoxy) is 1. The second-order valence-electron chi connectivity index (χ2n) is 6.62. The van der Waals surface area contributed by atoms with Gasteiger partial charge in [-0.25, -0.2) is 0 Å². The number of rotatable bonds is 2. The Morgan fingerprint density at radius 1 is 0.947 bits per heavy atom. The zero-order valence-electron chi connectivity index (χ0n) is 11.1. The summed E-state index contributed by atoms with van der Waals surface area (Å²) in [6.45, 7) is 0. The maximum Gasteiger partial charge on any atom is 0.137 e. The highest BCUT2D eigenvalue weighted by atomic mass is 16.5. The van der Waals surface area contributed by atoms with Crippen molar-refractivity contribution in [3.63, 3.8) is 0 Å². The monoisotopic (exact) mass is 253 g/mol. The third-order valence-corrected chi connectivity index (χ3v) is 5.41. The summed E-state index contributed by atoms with van der Waals surface area (Å²) in [5.74, 6) is 4.20. The molecule has 1 aromatic carbocycles. The van der Waals surface area contributed by atoms with Gasteiger partial charge in [0.05, 0.1) is 5.56 Å². The summed E-state index contributed by atoms with van der Waals surface area (Å²) in [6.07, 6.45) is 7.24. The molecule has 4 aliphatic rings. The fraction of sp³-hybridized carbons (Fsp3) is 0.588. The SMILES string of the molecule is N#Cc1ccccc1OC1C2CC3CC(C2)CC1C3. The average Bonchev–Trinajstić information content (AvgIpc) is 2.42. The van der Waals surface area contributed by atoms with Crippen molar-refractivity contribution in [1.29, 1.82) is 5.26 Å². The molecule has 4 saturated carbocycles. The molecule has 0 atom stereocenters. The van der Waals surface area contributed by atoms with E-state index in [1.165, 1.54) is 32.1 Å². The minimum atomic E-state index is 0.363. The highest BCUT2D eigenvalue weighted by Gasteiger charge is 2.49. The van der Waals surface area contributed by atoms with Crippen LogP contribution in [-0.4, -0.2) is 6.10 Å². The van der Waals surface area contributed by atoms with Crippen LogP contribution in [0.25, 0.3) is 0 Å². The van der Waals surface area contributed by atoms with E-state index >= 15 is 0 Å². The first kappa shape index (κ1) is 11.3. The van der Waals surface area contributed by atoms with Crippen LogP contribution in [0.1, 0.15) is 37.7 Å². The molecule has 0 unspecified atom stereocenters. The fourth-order valence-electron chi connectivity index (χ4n) is 4.88. The maximum absolute atomic E-state index is 9.17. The number of hydrogen-bond acceptors (Lipinski definition) is 2. The summed E-state index contributed by atoms with van der Waals surface area (Å²) in [7, 11) is 0. The van der Waals surface area contributed by atoms with Gasteiger partial charge in [-0.2, -0.15) is 5.26 Å². The first-order chi connectivity index (χ1) is 9.33. The summed E-state index contributed by atoms with van der Waals surface area (Å²) in [4.78, 5) is 0. The van der Waals surface area contributed by atoms with Gasteiger partial charge in [-0.3, -0.25) is 0 Å². The molecule has 0 heterocycles. The molecule has 0 aliphatic heterocycles. The second-order valence-corrected chi connectivity index (χ2v) is 6.62. The number of nitrogens with zero attached hydrogens (tertiary/aromatic N) is 1. The van der Waals surface area contributed by atoms with Crippen LogP contribution < -0.4 is 4.74 Å². The lowest BCUT2D eigenvalue weighted by molar-refractivity contribution is -0.0790. The summed E-state index contributed by atoms with van der Waals surface area (Å²) in [5, 5.41) is 9.17. The number of benzene rings is 1. The zero-order chi connectivity index (χ0) is 12.8. The van der Waals surface area contributed by atoms with Gasteiger partial charge in [0.1, 0.15) is 17.9 Å². The van der Waals surface area contributed by atoms with Crippen molar-refractivity contribution in [2.24, 2.45) is 23.7 Å². The van der Waals surface area contributed by atoms with Gasteiger partial charge < -0.3 is 4.74 Å². The van der Waals surface area contributed by atoms with E-state index in [-0.39, 0.29) is 0 Å². The maximum atomic E-state index is 9.17. The lowest BCUT2D eigenvalue weighted by atomic mass is 9.55. The molecule has 0 radical (unpaired) electrons. The summed E-state index contributed by atoms with van der Waals surface area (Å²) in [6, 6.07) is 9.91. The predicted octanol–water partition coefficient (Wildman–Crippen LogP) is 3.76. The Hall–Kier alpha value is -1.49. The zero-order valence-corrected chi connectivity index (χ0v) is 11.1. The Balaban J connectivity index is 1.59. The highest BCUT2D eigenvalue weighted by Crippen LogP contribution is 2.54. The first-order valence-corrected chi connectivity index (χ1v) is 7.49. The molecule has 98 valence electrons. The molecule has 1 aromatic rings. The first-order valence-electron chi connectivity index (χ1n) is 7.49. The average molecular weight is 253 g/mol. The van der Waals surface area contributed by atoms with Crippen LogP contribution in [0.5, 0.6) is 5.75 Å². The van der Waals surface area contributed by atoms with E-state index in [1.807, 2.05) is 24.3 Å². The molecule has 5 rings (SSSR count). The Kier molecular flexibility index (Phi) is 2.55. The van der Waals surface area contributed by atoms with E-state index in [0.29, 0.717) is 11.7 Å². The van der Waals surface area contributed by atoms with E-state index in [9.17, 15) is 5.26 Å². The number of nitriles is 1. The minimum absolute atomic E-state index is 0.363. The van der Waals surface area contributed by atoms with Crippen LogP contribution in [0.3, 0.4) is 0 Å². The molecular weight excluding hydrogens is 234 g/mol. The molecule has 19 heavy (non-hydrogen) atoms. The summed E-state index contributed by atoms with van der Waals surface area (Å²) >= 11 is 0. The van der Waals surface area contributed by atoms with Crippen molar-refractivity contribution in [2.45, 2.75) is 38.2 Å². The van der Waals surface area contributed by atoms with Crippen molar-refractivity contribution in [3.8, 4) is 11.8 Å². The predicted molar refractivity (Wildman–Crippen MR) is 72.6 cm³/mol. The Bertz CT molecular complexity index is 502. The number of para-hydroxylation sites is 1. The second kappa shape index (κ2) is 4.27.